The van der Waals surface area contributed by atoms with Gasteiger partial charge in [-0.15, -0.1) is 5.92 Å². The quantitative estimate of drug-likeness (QED) is 0.0943. The molecule has 2 aromatic carbocycles. The maximum absolute atomic E-state index is 13.3. The molecule has 1 amide bonds. The van der Waals surface area contributed by atoms with Crippen LogP contribution in [0.5, 0.6) is 0 Å². The van der Waals surface area contributed by atoms with Crippen LogP contribution in [0.25, 0.3) is 22.4 Å². The van der Waals surface area contributed by atoms with Gasteiger partial charge in [-0.1, -0.05) is 76.0 Å². The van der Waals surface area contributed by atoms with Crippen molar-refractivity contribution in [2.45, 2.75) is 44.0 Å². The van der Waals surface area contributed by atoms with Gasteiger partial charge >= 0.3 is 0 Å². The molecular formula is C31H31N5O2S2. The van der Waals surface area contributed by atoms with Crippen molar-refractivity contribution in [2.75, 3.05) is 11.5 Å². The zero-order chi connectivity index (χ0) is 27.7. The highest BCUT2D eigenvalue weighted by Gasteiger charge is 2.23. The number of amides is 1. The molecule has 1 saturated heterocycles. The molecule has 0 saturated carbocycles. The van der Waals surface area contributed by atoms with Gasteiger partial charge < -0.3 is 15.6 Å². The number of nitrogens with zero attached hydrogens (tertiary/aromatic N) is 2. The molecule has 4 N–H and O–H groups in total. The summed E-state index contributed by atoms with van der Waals surface area (Å²) in [7, 11) is 3.48. The van der Waals surface area contributed by atoms with E-state index >= 15 is 0 Å². The third-order valence-electron chi connectivity index (χ3n) is 6.71. The molecule has 5 rings (SSSR count). The Morgan fingerprint density at radius 1 is 1.10 bits per heavy atom. The smallest absolute Gasteiger partial charge is 0.268 e. The number of hydrogen-bond acceptors (Lipinski definition) is 6. The van der Waals surface area contributed by atoms with Crippen molar-refractivity contribution in [3.8, 4) is 34.2 Å². The number of carbonyl (C=O) groups excluding carboxylic acids is 2. The Kier molecular flexibility index (Phi) is 9.32. The third kappa shape index (κ3) is 6.82. The van der Waals surface area contributed by atoms with Gasteiger partial charge in [0, 0.05) is 53.7 Å². The topological polar surface area (TPSA) is 106 Å². The standard InChI is InChI=1S/C31H31N5O2S2/c32-26-13-8-7-12-24(26)25-20-34-35-30(25)23-18-27(31(38)33-19-22-10-4-3-5-11-22)36(21-23)16-9-2-1-6-14-28(37)29-15-17-39-40-29/h3-5,7-8,10-13,18,20-21,29H,1,6,14-17,19,32H2,(H,33,38)(H,34,35)/t29-/m0/s1. The number of rotatable bonds is 10. The molecule has 2 aromatic heterocycles. The number of anilines is 1. The molecule has 0 aliphatic carbocycles. The van der Waals surface area contributed by atoms with E-state index in [1.807, 2.05) is 71.4 Å². The fraction of sp³-hybridized carbons (Fsp3) is 0.258. The first-order valence-electron chi connectivity index (χ1n) is 13.3. The van der Waals surface area contributed by atoms with Crippen LogP contribution in [0.4, 0.5) is 5.69 Å². The van der Waals surface area contributed by atoms with Crippen LogP contribution in [-0.4, -0.2) is 37.5 Å². The van der Waals surface area contributed by atoms with Crippen molar-refractivity contribution in [2.24, 2.45) is 0 Å². The van der Waals surface area contributed by atoms with E-state index < -0.39 is 0 Å². The zero-order valence-electron chi connectivity index (χ0n) is 22.1. The molecule has 1 aliphatic heterocycles. The van der Waals surface area contributed by atoms with E-state index in [0.717, 1.165) is 46.5 Å². The lowest BCUT2D eigenvalue weighted by Crippen LogP contribution is -2.25. The Hall–Kier alpha value is -3.87. The largest absolute Gasteiger partial charge is 0.398 e. The summed E-state index contributed by atoms with van der Waals surface area (Å²) in [5.41, 5.74) is 11.8. The second-order valence-corrected chi connectivity index (χ2v) is 12.2. The lowest BCUT2D eigenvalue weighted by Gasteiger charge is -2.07. The molecule has 1 atom stereocenters. The fourth-order valence-electron chi connectivity index (χ4n) is 4.58. The molecule has 0 spiro atoms. The summed E-state index contributed by atoms with van der Waals surface area (Å²) >= 11 is 0. The minimum Gasteiger partial charge on any atom is -0.398 e. The maximum Gasteiger partial charge on any atom is 0.268 e. The van der Waals surface area contributed by atoms with Gasteiger partial charge in [0.25, 0.3) is 5.91 Å². The summed E-state index contributed by atoms with van der Waals surface area (Å²) in [6, 6.07) is 19.3. The average molecular weight is 570 g/mol. The van der Waals surface area contributed by atoms with Crippen molar-refractivity contribution in [1.29, 1.82) is 0 Å². The van der Waals surface area contributed by atoms with E-state index in [0.29, 0.717) is 43.1 Å². The van der Waals surface area contributed by atoms with Gasteiger partial charge in [-0.25, -0.2) is 0 Å². The second kappa shape index (κ2) is 13.5. The molecule has 0 bridgehead atoms. The maximum atomic E-state index is 13.3. The lowest BCUT2D eigenvalue weighted by atomic mass is 10.0. The average Bonchev–Trinajstić information content (AvgIpc) is 3.75. The van der Waals surface area contributed by atoms with E-state index in [2.05, 4.69) is 27.4 Å². The normalized spacial score (nSPS) is 14.4. The number of ketones is 1. The first-order chi connectivity index (χ1) is 19.6. The van der Waals surface area contributed by atoms with Gasteiger partial charge in [0.05, 0.1) is 23.7 Å². The number of H-pyrrole nitrogens is 1. The molecule has 0 unspecified atom stereocenters. The molecule has 3 heterocycles. The number of nitrogens with two attached hydrogens (primary N) is 1. The number of Topliss-reactive ketones (excluding diaryl/α,β-unsaturated/α-hetero) is 1. The molecule has 0 radical (unpaired) electrons. The molecule has 1 aliphatic rings. The number of para-hydroxylation sites is 1. The number of carbonyl (C=O) groups is 2. The van der Waals surface area contributed by atoms with E-state index in [-0.39, 0.29) is 11.2 Å². The van der Waals surface area contributed by atoms with Gasteiger partial charge in [-0.2, -0.15) is 5.10 Å². The Balaban J connectivity index is 1.32. The molecule has 7 nitrogen and oxygen atoms in total. The van der Waals surface area contributed by atoms with Gasteiger partial charge in [0.15, 0.2) is 0 Å². The summed E-state index contributed by atoms with van der Waals surface area (Å²) in [4.78, 5) is 25.6. The number of benzene rings is 2. The first kappa shape index (κ1) is 27.7. The number of unbranched alkanes of at least 4 members (excludes halogenated alkanes) is 1. The van der Waals surface area contributed by atoms with Crippen molar-refractivity contribution in [3.63, 3.8) is 0 Å². The van der Waals surface area contributed by atoms with Gasteiger partial charge in [-0.05, 0) is 30.5 Å². The highest BCUT2D eigenvalue weighted by atomic mass is 33.1. The van der Waals surface area contributed by atoms with Gasteiger partial charge in [-0.3, -0.25) is 14.7 Å². The van der Waals surface area contributed by atoms with E-state index in [1.165, 1.54) is 0 Å². The number of nitrogens with one attached hydrogen (secondary N) is 2. The Morgan fingerprint density at radius 3 is 2.73 bits per heavy atom. The number of aromatic nitrogens is 3. The van der Waals surface area contributed by atoms with E-state index in [4.69, 9.17) is 5.73 Å². The summed E-state index contributed by atoms with van der Waals surface area (Å²) in [6.45, 7) is 0.779. The SMILES string of the molecule is Nc1ccccc1-c1cn[nH]c1-c1cc(C(=O)NCc2ccccc2)n(CC#CCCCC(=O)[C@@H]2CCSS2)c1. The van der Waals surface area contributed by atoms with Crippen LogP contribution >= 0.6 is 21.6 Å². The number of nitrogen functional groups attached to an aromatic ring is 1. The van der Waals surface area contributed by atoms with Crippen LogP contribution < -0.4 is 11.1 Å². The minimum absolute atomic E-state index is 0.145. The van der Waals surface area contributed by atoms with Crippen molar-refractivity contribution >= 4 is 39.0 Å². The second-order valence-electron chi connectivity index (χ2n) is 9.53. The molecule has 4 aromatic rings. The van der Waals surface area contributed by atoms with Gasteiger partial charge in [0.1, 0.15) is 11.5 Å². The van der Waals surface area contributed by atoms with Crippen LogP contribution in [-0.2, 0) is 17.9 Å². The molecule has 40 heavy (non-hydrogen) atoms. The van der Waals surface area contributed by atoms with Crippen molar-refractivity contribution in [1.82, 2.24) is 20.1 Å². The van der Waals surface area contributed by atoms with E-state index in [9.17, 15) is 9.59 Å². The monoisotopic (exact) mass is 569 g/mol. The Bertz CT molecular complexity index is 1530. The number of hydrogen-bond donors (Lipinski definition) is 3. The predicted molar refractivity (Wildman–Crippen MR) is 165 cm³/mol. The summed E-state index contributed by atoms with van der Waals surface area (Å²) < 4.78 is 1.86. The summed E-state index contributed by atoms with van der Waals surface area (Å²) in [5, 5.41) is 10.5. The van der Waals surface area contributed by atoms with Crippen LogP contribution in [0.2, 0.25) is 0 Å². The van der Waals surface area contributed by atoms with Crippen LogP contribution in [0.3, 0.4) is 0 Å². The third-order valence-corrected chi connectivity index (χ3v) is 9.58. The van der Waals surface area contributed by atoms with Crippen LogP contribution in [0.15, 0.2) is 73.1 Å². The zero-order valence-corrected chi connectivity index (χ0v) is 23.7. The number of aromatic amines is 1. The summed E-state index contributed by atoms with van der Waals surface area (Å²) in [6.07, 6.45) is 6.61. The lowest BCUT2D eigenvalue weighted by molar-refractivity contribution is -0.118. The summed E-state index contributed by atoms with van der Waals surface area (Å²) in [5.74, 6) is 7.59. The molecular weight excluding hydrogens is 539 g/mol. The molecule has 204 valence electrons. The minimum atomic E-state index is -0.185. The highest BCUT2D eigenvalue weighted by Crippen LogP contribution is 2.38. The van der Waals surface area contributed by atoms with E-state index in [1.54, 1.807) is 27.8 Å². The van der Waals surface area contributed by atoms with Crippen LogP contribution in [0, 0.1) is 11.8 Å². The highest BCUT2D eigenvalue weighted by molar-refractivity contribution is 8.77. The molecule has 1 fully saturated rings. The predicted octanol–water partition coefficient (Wildman–Crippen LogP) is 5.95. The van der Waals surface area contributed by atoms with Crippen molar-refractivity contribution < 1.29 is 9.59 Å². The van der Waals surface area contributed by atoms with Crippen molar-refractivity contribution in [3.05, 3.63) is 84.3 Å². The first-order valence-corrected chi connectivity index (χ1v) is 15.7. The Labute approximate surface area is 242 Å². The molecule has 9 heteroatoms. The fourth-order valence-corrected chi connectivity index (χ4v) is 7.44. The van der Waals surface area contributed by atoms with Crippen LogP contribution in [0.1, 0.15) is 41.7 Å². The van der Waals surface area contributed by atoms with Gasteiger partial charge in [0.2, 0.25) is 0 Å². The Morgan fingerprint density at radius 2 is 1.93 bits per heavy atom.